The van der Waals surface area contributed by atoms with Crippen molar-refractivity contribution in [1.29, 1.82) is 0 Å². The lowest BCUT2D eigenvalue weighted by molar-refractivity contribution is -0.128. The monoisotopic (exact) mass is 545 g/mol. The van der Waals surface area contributed by atoms with Crippen LogP contribution in [-0.2, 0) is 4.79 Å². The molecule has 6 rings (SSSR count). The zero-order valence-electron chi connectivity index (χ0n) is 27.1. The van der Waals surface area contributed by atoms with E-state index in [4.69, 9.17) is 11.5 Å². The first-order valence-electron chi connectivity index (χ1n) is 16.4. The summed E-state index contributed by atoms with van der Waals surface area (Å²) in [6.07, 6.45) is 11.8. The Morgan fingerprint density at radius 3 is 1.26 bits per heavy atom. The molecule has 0 saturated heterocycles. The highest BCUT2D eigenvalue weighted by molar-refractivity contribution is 5.89. The van der Waals surface area contributed by atoms with Crippen molar-refractivity contribution in [3.8, 4) is 0 Å². The van der Waals surface area contributed by atoms with Gasteiger partial charge in [0.15, 0.2) is 0 Å². The van der Waals surface area contributed by atoms with E-state index in [9.17, 15) is 4.79 Å². The van der Waals surface area contributed by atoms with Gasteiger partial charge in [0.05, 0.1) is 0 Å². The number of nitrogens with one attached hydrogen (secondary N) is 2. The molecule has 0 spiro atoms. The van der Waals surface area contributed by atoms with Gasteiger partial charge in [-0.3, -0.25) is 4.79 Å². The van der Waals surface area contributed by atoms with Gasteiger partial charge in [-0.25, -0.2) is 0 Å². The molecule has 0 aliphatic heterocycles. The topological polar surface area (TPSA) is 93.2 Å². The first kappa shape index (κ1) is 31.4. The molecule has 6 N–H and O–H groups in total. The zero-order chi connectivity index (χ0) is 29.1. The van der Waals surface area contributed by atoms with E-state index in [-0.39, 0.29) is 10.8 Å². The molecule has 8 unspecified atom stereocenters. The number of carbonyl (C=O) groups is 1. The van der Waals surface area contributed by atoms with E-state index < -0.39 is 0 Å². The summed E-state index contributed by atoms with van der Waals surface area (Å²) in [5.74, 6) is 3.08. The summed E-state index contributed by atoms with van der Waals surface area (Å²) >= 11 is 0. The molecule has 226 valence electrons. The average Bonchev–Trinajstić information content (AvgIpc) is 3.52. The van der Waals surface area contributed by atoms with Gasteiger partial charge in [0, 0.05) is 50.1 Å². The Hall–Kier alpha value is -0.490. The number of ketones is 1. The van der Waals surface area contributed by atoms with Gasteiger partial charge in [-0.15, -0.1) is 0 Å². The van der Waals surface area contributed by atoms with Gasteiger partial charge in [-0.1, -0.05) is 62.3 Å². The van der Waals surface area contributed by atoms with E-state index >= 15 is 0 Å². The maximum atomic E-state index is 11.6. The van der Waals surface area contributed by atoms with E-state index in [0.717, 1.165) is 49.9 Å². The molecule has 8 atom stereocenters. The predicted molar refractivity (Wildman–Crippen MR) is 164 cm³/mol. The second kappa shape index (κ2) is 10.7. The Morgan fingerprint density at radius 1 is 0.641 bits per heavy atom. The summed E-state index contributed by atoms with van der Waals surface area (Å²) in [6, 6.07) is 1.47. The van der Waals surface area contributed by atoms with Crippen molar-refractivity contribution in [3.63, 3.8) is 0 Å². The van der Waals surface area contributed by atoms with Crippen LogP contribution >= 0.6 is 0 Å². The Balaban J connectivity index is 0.000000194. The van der Waals surface area contributed by atoms with Gasteiger partial charge in [0.25, 0.3) is 0 Å². The predicted octanol–water partition coefficient (Wildman–Crippen LogP) is 5.90. The molecule has 5 nitrogen and oxygen atoms in total. The van der Waals surface area contributed by atoms with E-state index in [1.807, 2.05) is 0 Å². The maximum absolute atomic E-state index is 11.6. The fourth-order valence-electron chi connectivity index (χ4n) is 10.4. The molecule has 6 aliphatic carbocycles. The molecular formula is C34H64N4O. The molecule has 0 radical (unpaired) electrons. The van der Waals surface area contributed by atoms with E-state index in [1.54, 1.807) is 0 Å². The van der Waals surface area contributed by atoms with Crippen molar-refractivity contribution < 1.29 is 4.79 Å². The fourth-order valence-corrected chi connectivity index (χ4v) is 10.4. The number of rotatable bonds is 6. The third kappa shape index (κ3) is 4.68. The molecule has 0 aromatic rings. The number of hydrogen-bond acceptors (Lipinski definition) is 5. The standard InChI is InChI=1S/C22H40N2.C10H16O.C2H8N2/c1-19(2)15-7-9-21(19,5)17(13-15)23-11-12-24-18-14-16-8-10-22(18,6)20(16,3)4;1-9(2)7-4-5-10(9,3)8(11)6-7;3-1-2-4/h15-18,23-24H,7-14H2,1-6H3;7H,4-6H2,1-3H3;1-4H2. The highest BCUT2D eigenvalue weighted by Gasteiger charge is 2.63. The Morgan fingerprint density at radius 2 is 1.05 bits per heavy atom. The van der Waals surface area contributed by atoms with Crippen LogP contribution in [0, 0.1) is 50.2 Å². The quantitative estimate of drug-likeness (QED) is 0.312. The van der Waals surface area contributed by atoms with Crippen molar-refractivity contribution in [2.45, 2.75) is 132 Å². The summed E-state index contributed by atoms with van der Waals surface area (Å²) in [4.78, 5) is 11.6. The van der Waals surface area contributed by atoms with Gasteiger partial charge < -0.3 is 22.1 Å². The highest BCUT2D eigenvalue weighted by Crippen LogP contribution is 2.66. The molecule has 6 fully saturated rings. The SMILES string of the molecule is CC1(C)C2CCC1(C)C(NCCNC1CC3CCC1(C)C3(C)C)C2.CC12CCC(CC1=O)C2(C)C.NCCN. The van der Waals surface area contributed by atoms with Crippen LogP contribution in [0.5, 0.6) is 0 Å². The van der Waals surface area contributed by atoms with Gasteiger partial charge >= 0.3 is 0 Å². The third-order valence-corrected chi connectivity index (χ3v) is 15.1. The molecule has 6 bridgehead atoms. The molecule has 0 heterocycles. The minimum absolute atomic E-state index is 0.0255. The third-order valence-electron chi connectivity index (χ3n) is 15.1. The second-order valence-electron chi connectivity index (χ2n) is 16.7. The Kier molecular flexibility index (Phi) is 8.59. The second-order valence-corrected chi connectivity index (χ2v) is 16.7. The van der Waals surface area contributed by atoms with Crippen LogP contribution in [0.15, 0.2) is 0 Å². The molecular weight excluding hydrogens is 480 g/mol. The first-order valence-corrected chi connectivity index (χ1v) is 16.4. The minimum atomic E-state index is 0.0255. The molecule has 0 aromatic carbocycles. The van der Waals surface area contributed by atoms with Gasteiger partial charge in [0.2, 0.25) is 0 Å². The largest absolute Gasteiger partial charge is 0.329 e. The first-order chi connectivity index (χ1) is 18.0. The van der Waals surface area contributed by atoms with E-state index in [2.05, 4.69) is 72.9 Å². The zero-order valence-corrected chi connectivity index (χ0v) is 27.1. The highest BCUT2D eigenvalue weighted by atomic mass is 16.1. The smallest absolute Gasteiger partial charge is 0.139 e. The molecule has 39 heavy (non-hydrogen) atoms. The Bertz CT molecular complexity index is 850. The fraction of sp³-hybridized carbons (Fsp3) is 0.971. The molecule has 0 aromatic heterocycles. The summed E-state index contributed by atoms with van der Waals surface area (Å²) < 4.78 is 0. The van der Waals surface area contributed by atoms with Crippen LogP contribution in [0.1, 0.15) is 120 Å². The number of hydrogen-bond donors (Lipinski definition) is 4. The summed E-state index contributed by atoms with van der Waals surface area (Å²) in [5.41, 5.74) is 12.2. The van der Waals surface area contributed by atoms with Gasteiger partial charge in [-0.05, 0) is 96.2 Å². The van der Waals surface area contributed by atoms with Crippen LogP contribution < -0.4 is 22.1 Å². The van der Waals surface area contributed by atoms with Crippen molar-refractivity contribution in [2.75, 3.05) is 26.2 Å². The lowest BCUT2D eigenvalue weighted by atomic mass is 9.69. The van der Waals surface area contributed by atoms with Crippen LogP contribution in [0.2, 0.25) is 0 Å². The molecule has 6 saturated carbocycles. The van der Waals surface area contributed by atoms with Crippen molar-refractivity contribution in [2.24, 2.45) is 61.7 Å². The summed E-state index contributed by atoms with van der Waals surface area (Å²) in [6.45, 7) is 25.3. The Labute approximate surface area is 241 Å². The van der Waals surface area contributed by atoms with E-state index in [0.29, 0.717) is 46.5 Å². The lowest BCUT2D eigenvalue weighted by Gasteiger charge is -2.41. The number of nitrogens with two attached hydrogens (primary N) is 2. The van der Waals surface area contributed by atoms with Crippen molar-refractivity contribution >= 4 is 5.78 Å². The summed E-state index contributed by atoms with van der Waals surface area (Å²) in [7, 11) is 0. The van der Waals surface area contributed by atoms with Crippen LogP contribution in [0.3, 0.4) is 0 Å². The average molecular weight is 545 g/mol. The number of carbonyl (C=O) groups excluding carboxylic acids is 1. The molecule has 6 aliphatic rings. The number of Topliss-reactive ketones (excluding diaryl/α,β-unsaturated/α-hetero) is 1. The minimum Gasteiger partial charge on any atom is -0.329 e. The lowest BCUT2D eigenvalue weighted by Crippen LogP contribution is -2.49. The maximum Gasteiger partial charge on any atom is 0.139 e. The van der Waals surface area contributed by atoms with Gasteiger partial charge in [0.1, 0.15) is 5.78 Å². The molecule has 0 amide bonds. The van der Waals surface area contributed by atoms with Gasteiger partial charge in [-0.2, -0.15) is 0 Å². The van der Waals surface area contributed by atoms with Crippen LogP contribution in [0.25, 0.3) is 0 Å². The van der Waals surface area contributed by atoms with Crippen LogP contribution in [0.4, 0.5) is 0 Å². The number of fused-ring (bicyclic) bond motifs is 6. The van der Waals surface area contributed by atoms with Crippen molar-refractivity contribution in [3.05, 3.63) is 0 Å². The van der Waals surface area contributed by atoms with Crippen LogP contribution in [-0.4, -0.2) is 44.0 Å². The summed E-state index contributed by atoms with van der Waals surface area (Å²) in [5, 5.41) is 7.90. The van der Waals surface area contributed by atoms with Crippen molar-refractivity contribution in [1.82, 2.24) is 10.6 Å². The normalized spacial score (nSPS) is 45.2. The van der Waals surface area contributed by atoms with E-state index in [1.165, 1.54) is 44.9 Å². The molecule has 5 heteroatoms.